The number of hydrazone groups is 1. The van der Waals surface area contributed by atoms with Gasteiger partial charge in [-0.1, -0.05) is 32.9 Å². The van der Waals surface area contributed by atoms with Crippen molar-refractivity contribution in [1.29, 1.82) is 5.26 Å². The molecule has 9 nitrogen and oxygen atoms in total. The Balaban J connectivity index is 2.33. The zero-order valence-electron chi connectivity index (χ0n) is 14.8. The molecule has 9 heteroatoms. The summed E-state index contributed by atoms with van der Waals surface area (Å²) in [5.74, 6) is -0.463. The second-order valence-corrected chi connectivity index (χ2v) is 6.61. The number of nitrogens with zero attached hydrogens (tertiary/aromatic N) is 4. The maximum absolute atomic E-state index is 12.4. The van der Waals surface area contributed by atoms with Crippen LogP contribution in [0.5, 0.6) is 0 Å². The summed E-state index contributed by atoms with van der Waals surface area (Å²) in [7, 11) is 0. The van der Waals surface area contributed by atoms with Crippen molar-refractivity contribution in [1.82, 2.24) is 10.2 Å². The van der Waals surface area contributed by atoms with Gasteiger partial charge in [-0.05, 0) is 13.0 Å². The average Bonchev–Trinajstić information content (AvgIpc) is 2.96. The van der Waals surface area contributed by atoms with Crippen LogP contribution in [-0.2, 0) is 5.41 Å². The molecule has 0 unspecified atom stereocenters. The second kappa shape index (κ2) is 7.14. The number of benzene rings is 1. The van der Waals surface area contributed by atoms with Crippen LogP contribution in [0.1, 0.15) is 42.4 Å². The van der Waals surface area contributed by atoms with Gasteiger partial charge < -0.3 is 0 Å². The maximum atomic E-state index is 12.4. The molecular formula is C17H18N6O3. The van der Waals surface area contributed by atoms with Crippen LogP contribution in [0.3, 0.4) is 0 Å². The van der Waals surface area contributed by atoms with Crippen molar-refractivity contribution in [2.45, 2.75) is 33.1 Å². The van der Waals surface area contributed by atoms with Crippen LogP contribution in [0.15, 0.2) is 29.4 Å². The van der Waals surface area contributed by atoms with Crippen molar-refractivity contribution in [2.75, 3.05) is 5.43 Å². The molecular weight excluding hydrogens is 336 g/mol. The van der Waals surface area contributed by atoms with E-state index in [1.54, 1.807) is 6.07 Å². The Bertz CT molecular complexity index is 931. The zero-order valence-corrected chi connectivity index (χ0v) is 14.8. The van der Waals surface area contributed by atoms with E-state index in [4.69, 9.17) is 0 Å². The molecule has 0 saturated carbocycles. The Labute approximate surface area is 149 Å². The first-order valence-corrected chi connectivity index (χ1v) is 7.74. The quantitative estimate of drug-likeness (QED) is 0.366. The second-order valence-electron chi connectivity index (χ2n) is 6.61. The lowest BCUT2D eigenvalue weighted by Crippen LogP contribution is -2.16. The highest BCUT2D eigenvalue weighted by atomic mass is 16.6. The molecule has 0 fully saturated rings. The lowest BCUT2D eigenvalue weighted by molar-refractivity contribution is -0.385. The molecule has 1 aromatic heterocycles. The van der Waals surface area contributed by atoms with Crippen molar-refractivity contribution in [2.24, 2.45) is 5.10 Å². The molecule has 0 atom stereocenters. The lowest BCUT2D eigenvalue weighted by Gasteiger charge is -2.16. The number of Topliss-reactive ketones (excluding diaryl/α,β-unsaturated/α-hetero) is 1. The monoisotopic (exact) mass is 354 g/mol. The number of aromatic nitrogens is 2. The highest BCUT2D eigenvalue weighted by Crippen LogP contribution is 2.27. The van der Waals surface area contributed by atoms with Crippen LogP contribution in [0, 0.1) is 28.4 Å². The number of hydrogen-bond donors (Lipinski definition) is 2. The number of carbonyl (C=O) groups excluding carboxylic acids is 1. The van der Waals surface area contributed by atoms with E-state index in [1.807, 2.05) is 27.7 Å². The van der Waals surface area contributed by atoms with Crippen molar-refractivity contribution < 1.29 is 9.72 Å². The molecule has 1 aromatic carbocycles. The van der Waals surface area contributed by atoms with E-state index < -0.39 is 16.4 Å². The number of nitrogens with one attached hydrogen (secondary N) is 2. The normalized spacial score (nSPS) is 11.7. The first-order chi connectivity index (χ1) is 12.2. The first-order valence-electron chi connectivity index (χ1n) is 7.74. The Kier molecular flexibility index (Phi) is 5.16. The molecule has 2 rings (SSSR count). The first kappa shape index (κ1) is 18.8. The van der Waals surface area contributed by atoms with E-state index in [-0.39, 0.29) is 16.7 Å². The number of rotatable bonds is 5. The highest BCUT2D eigenvalue weighted by Gasteiger charge is 2.24. The minimum absolute atomic E-state index is 0.167. The zero-order chi connectivity index (χ0) is 19.5. The fourth-order valence-corrected chi connectivity index (χ4v) is 2.42. The molecule has 0 bridgehead atoms. The summed E-state index contributed by atoms with van der Waals surface area (Å²) < 4.78 is 0. The molecule has 26 heavy (non-hydrogen) atoms. The molecule has 0 saturated heterocycles. The number of nitro groups is 1. The fourth-order valence-electron chi connectivity index (χ4n) is 2.42. The van der Waals surface area contributed by atoms with Gasteiger partial charge in [-0.15, -0.1) is 0 Å². The number of ketones is 1. The van der Waals surface area contributed by atoms with Gasteiger partial charge in [0.1, 0.15) is 11.6 Å². The Hall–Kier alpha value is -3.54. The molecule has 2 N–H and O–H groups in total. The number of para-hydroxylation sites is 1. The number of hydrogen-bond acceptors (Lipinski definition) is 7. The minimum atomic E-state index is -0.837. The topological polar surface area (TPSA) is 137 Å². The number of nitriles is 1. The number of aromatic amines is 1. The van der Waals surface area contributed by atoms with E-state index in [0.717, 1.165) is 11.3 Å². The standard InChI is InChI=1S/C17H18N6O3/c1-10-15(17(2,3)4)20-22-16(10)21-19-12(9-18)14(24)11-7-5-6-8-13(11)23(25)26/h5-8H,1-4H3,(H2,20,21,22). The van der Waals surface area contributed by atoms with Crippen LogP contribution in [0.4, 0.5) is 11.5 Å². The van der Waals surface area contributed by atoms with Gasteiger partial charge in [-0.2, -0.15) is 15.5 Å². The van der Waals surface area contributed by atoms with Crippen LogP contribution in [0.25, 0.3) is 0 Å². The summed E-state index contributed by atoms with van der Waals surface area (Å²) in [5.41, 5.74) is 3.03. The summed E-state index contributed by atoms with van der Waals surface area (Å²) in [6.45, 7) is 7.87. The van der Waals surface area contributed by atoms with Gasteiger partial charge in [0.15, 0.2) is 5.82 Å². The van der Waals surface area contributed by atoms with Gasteiger partial charge in [0.05, 0.1) is 4.92 Å². The molecule has 2 aromatic rings. The summed E-state index contributed by atoms with van der Waals surface area (Å²) in [4.78, 5) is 22.8. The van der Waals surface area contributed by atoms with Crippen molar-refractivity contribution in [3.63, 3.8) is 0 Å². The Morgan fingerprint density at radius 3 is 2.58 bits per heavy atom. The average molecular weight is 354 g/mol. The van der Waals surface area contributed by atoms with Gasteiger partial charge >= 0.3 is 0 Å². The lowest BCUT2D eigenvalue weighted by atomic mass is 9.90. The highest BCUT2D eigenvalue weighted by molar-refractivity contribution is 6.52. The summed E-state index contributed by atoms with van der Waals surface area (Å²) in [5, 5.41) is 31.1. The SMILES string of the molecule is Cc1c(NN=C(C#N)C(=O)c2ccccc2[N+](=O)[O-])n[nH]c1C(C)(C)C. The van der Waals surface area contributed by atoms with E-state index in [1.165, 1.54) is 24.3 Å². The van der Waals surface area contributed by atoms with Gasteiger partial charge in [0.25, 0.3) is 5.69 Å². The number of nitro benzene ring substituents is 1. The fraction of sp³-hybridized carbons (Fsp3) is 0.294. The number of H-pyrrole nitrogens is 1. The predicted octanol–water partition coefficient (Wildman–Crippen LogP) is 3.10. The van der Waals surface area contributed by atoms with Gasteiger partial charge in [-0.3, -0.25) is 25.4 Å². The molecule has 0 aliphatic heterocycles. The molecule has 0 spiro atoms. The van der Waals surface area contributed by atoms with Crippen LogP contribution >= 0.6 is 0 Å². The Morgan fingerprint density at radius 2 is 2.04 bits per heavy atom. The Morgan fingerprint density at radius 1 is 1.38 bits per heavy atom. The van der Waals surface area contributed by atoms with Crippen molar-refractivity contribution in [3.05, 3.63) is 51.2 Å². The van der Waals surface area contributed by atoms with Crippen LogP contribution in [-0.4, -0.2) is 26.6 Å². The van der Waals surface area contributed by atoms with Crippen molar-refractivity contribution >= 4 is 23.0 Å². The van der Waals surface area contributed by atoms with E-state index >= 15 is 0 Å². The van der Waals surface area contributed by atoms with Crippen LogP contribution in [0.2, 0.25) is 0 Å². The predicted molar refractivity (Wildman–Crippen MR) is 96.1 cm³/mol. The van der Waals surface area contributed by atoms with E-state index in [0.29, 0.717) is 5.82 Å². The van der Waals surface area contributed by atoms with Crippen molar-refractivity contribution in [3.8, 4) is 6.07 Å². The summed E-state index contributed by atoms with van der Waals surface area (Å²) >= 11 is 0. The molecule has 134 valence electrons. The third-order valence-electron chi connectivity index (χ3n) is 3.70. The van der Waals surface area contributed by atoms with E-state index in [9.17, 15) is 20.2 Å². The summed E-state index contributed by atoms with van der Waals surface area (Å²) in [6.07, 6.45) is 0. The maximum Gasteiger partial charge on any atom is 0.280 e. The molecule has 1 heterocycles. The summed E-state index contributed by atoms with van der Waals surface area (Å²) in [6, 6.07) is 7.07. The number of anilines is 1. The molecule has 0 aliphatic carbocycles. The largest absolute Gasteiger partial charge is 0.286 e. The minimum Gasteiger partial charge on any atom is -0.286 e. The third kappa shape index (κ3) is 3.75. The van der Waals surface area contributed by atoms with Gasteiger partial charge in [0, 0.05) is 22.7 Å². The van der Waals surface area contributed by atoms with Gasteiger partial charge in [-0.25, -0.2) is 0 Å². The molecule has 0 aliphatic rings. The van der Waals surface area contributed by atoms with Crippen LogP contribution < -0.4 is 5.43 Å². The number of carbonyl (C=O) groups is 1. The third-order valence-corrected chi connectivity index (χ3v) is 3.70. The van der Waals surface area contributed by atoms with E-state index in [2.05, 4.69) is 20.7 Å². The smallest absolute Gasteiger partial charge is 0.280 e. The molecule has 0 amide bonds. The van der Waals surface area contributed by atoms with Gasteiger partial charge in [0.2, 0.25) is 11.5 Å². The molecule has 0 radical (unpaired) electrons.